The van der Waals surface area contributed by atoms with Gasteiger partial charge in [-0.1, -0.05) is 48.5 Å². The van der Waals surface area contributed by atoms with Crippen molar-refractivity contribution in [2.75, 3.05) is 7.11 Å². The average Bonchev–Trinajstić information content (AvgIpc) is 3.52. The molecule has 5 heteroatoms. The molecule has 0 atom stereocenters. The van der Waals surface area contributed by atoms with E-state index in [2.05, 4.69) is 82.2 Å². The fourth-order valence-electron chi connectivity index (χ4n) is 4.97. The van der Waals surface area contributed by atoms with Gasteiger partial charge in [0, 0.05) is 36.5 Å². The second kappa shape index (κ2) is 9.36. The lowest BCUT2D eigenvalue weighted by Crippen LogP contribution is -2.01. The summed E-state index contributed by atoms with van der Waals surface area (Å²) < 4.78 is 9.83. The first-order chi connectivity index (χ1) is 18.1. The van der Waals surface area contributed by atoms with E-state index in [1.807, 2.05) is 18.2 Å². The molecule has 0 aliphatic rings. The van der Waals surface area contributed by atoms with E-state index in [0.717, 1.165) is 39.9 Å². The van der Waals surface area contributed by atoms with Crippen molar-refractivity contribution in [3.63, 3.8) is 0 Å². The maximum Gasteiger partial charge on any atom is 0.335 e. The normalized spacial score (nSPS) is 11.3. The van der Waals surface area contributed by atoms with Crippen LogP contribution in [0, 0.1) is 0 Å². The van der Waals surface area contributed by atoms with Crippen LogP contribution in [0.4, 0.5) is 0 Å². The van der Waals surface area contributed by atoms with Crippen LogP contribution in [0.25, 0.3) is 32.9 Å². The third kappa shape index (κ3) is 4.47. The fourth-order valence-corrected chi connectivity index (χ4v) is 4.97. The van der Waals surface area contributed by atoms with Gasteiger partial charge in [-0.2, -0.15) is 0 Å². The minimum absolute atomic E-state index is 0.305. The number of rotatable bonds is 7. The molecule has 0 fully saturated rings. The Hall–Kier alpha value is -4.77. The van der Waals surface area contributed by atoms with E-state index >= 15 is 0 Å². The summed E-state index contributed by atoms with van der Waals surface area (Å²) in [6.07, 6.45) is 4.19. The average molecular weight is 487 g/mol. The topological polar surface area (TPSA) is 56.4 Å². The van der Waals surface area contributed by atoms with E-state index < -0.39 is 5.97 Å². The van der Waals surface area contributed by atoms with Gasteiger partial charge in [-0.3, -0.25) is 0 Å². The summed E-state index contributed by atoms with van der Waals surface area (Å²) in [5, 5.41) is 11.7. The van der Waals surface area contributed by atoms with E-state index in [9.17, 15) is 9.90 Å². The van der Waals surface area contributed by atoms with E-state index in [4.69, 9.17) is 4.74 Å². The van der Waals surface area contributed by atoms with Gasteiger partial charge < -0.3 is 19.0 Å². The number of carboxylic acids is 1. The molecule has 6 rings (SSSR count). The third-order valence-corrected chi connectivity index (χ3v) is 6.90. The molecule has 0 saturated carbocycles. The molecule has 0 amide bonds. The summed E-state index contributed by atoms with van der Waals surface area (Å²) in [7, 11) is 1.69. The number of fused-ring (bicyclic) bond motifs is 2. The summed E-state index contributed by atoms with van der Waals surface area (Å²) in [6.45, 7) is 1.37. The van der Waals surface area contributed by atoms with Crippen LogP contribution in [0.1, 0.15) is 21.5 Å². The lowest BCUT2D eigenvalue weighted by atomic mass is 10.0. The minimum atomic E-state index is -0.909. The van der Waals surface area contributed by atoms with E-state index in [1.165, 1.54) is 16.5 Å². The van der Waals surface area contributed by atoms with Crippen molar-refractivity contribution in [1.29, 1.82) is 0 Å². The molecule has 2 aromatic heterocycles. The maximum absolute atomic E-state index is 11.4. The smallest absolute Gasteiger partial charge is 0.335 e. The highest BCUT2D eigenvalue weighted by Crippen LogP contribution is 2.29. The van der Waals surface area contributed by atoms with Crippen LogP contribution in [-0.2, 0) is 13.1 Å². The second-order valence-corrected chi connectivity index (χ2v) is 9.29. The van der Waals surface area contributed by atoms with Gasteiger partial charge in [0.25, 0.3) is 0 Å². The summed E-state index contributed by atoms with van der Waals surface area (Å²) in [4.78, 5) is 11.4. The highest BCUT2D eigenvalue weighted by Gasteiger charge is 2.09. The molecular formula is C32H26N2O3. The second-order valence-electron chi connectivity index (χ2n) is 9.29. The molecule has 0 radical (unpaired) electrons. The van der Waals surface area contributed by atoms with Crippen molar-refractivity contribution < 1.29 is 14.6 Å². The highest BCUT2D eigenvalue weighted by molar-refractivity contribution is 5.90. The van der Waals surface area contributed by atoms with Crippen LogP contribution in [0.2, 0.25) is 0 Å². The van der Waals surface area contributed by atoms with Gasteiger partial charge in [-0.15, -0.1) is 0 Å². The Bertz CT molecular complexity index is 1760. The van der Waals surface area contributed by atoms with Crippen molar-refractivity contribution in [2.45, 2.75) is 13.1 Å². The molecular weight excluding hydrogens is 460 g/mol. The van der Waals surface area contributed by atoms with E-state index in [1.54, 1.807) is 25.3 Å². The number of ether oxygens (including phenoxy) is 1. The van der Waals surface area contributed by atoms with Gasteiger partial charge in [0.1, 0.15) is 5.75 Å². The number of hydrogen-bond donors (Lipinski definition) is 1. The first-order valence-corrected chi connectivity index (χ1v) is 12.2. The Labute approximate surface area is 214 Å². The molecule has 4 aromatic carbocycles. The third-order valence-electron chi connectivity index (χ3n) is 6.90. The molecule has 0 unspecified atom stereocenters. The molecule has 0 saturated heterocycles. The van der Waals surface area contributed by atoms with Gasteiger partial charge in [0.05, 0.1) is 12.7 Å². The first-order valence-electron chi connectivity index (χ1n) is 12.2. The number of carboxylic acid groups (broad SMARTS) is 1. The first kappa shape index (κ1) is 22.7. The fraction of sp³-hybridized carbons (Fsp3) is 0.0938. The summed E-state index contributed by atoms with van der Waals surface area (Å²) in [5.74, 6) is -0.0475. The van der Waals surface area contributed by atoms with Crippen molar-refractivity contribution in [2.24, 2.45) is 0 Å². The summed E-state index contributed by atoms with van der Waals surface area (Å²) in [6, 6.07) is 32.7. The Balaban J connectivity index is 1.34. The molecule has 6 aromatic rings. The number of carbonyl (C=O) groups is 1. The van der Waals surface area contributed by atoms with Crippen LogP contribution >= 0.6 is 0 Å². The summed E-state index contributed by atoms with van der Waals surface area (Å²) in [5.41, 5.74) is 7.04. The van der Waals surface area contributed by atoms with Gasteiger partial charge >= 0.3 is 5.97 Å². The lowest BCUT2D eigenvalue weighted by molar-refractivity contribution is 0.0696. The van der Waals surface area contributed by atoms with Gasteiger partial charge in [-0.25, -0.2) is 4.79 Å². The largest absolute Gasteiger partial charge is 0.497 e. The zero-order valence-corrected chi connectivity index (χ0v) is 20.5. The lowest BCUT2D eigenvalue weighted by Gasteiger charge is -2.10. The van der Waals surface area contributed by atoms with Crippen LogP contribution < -0.4 is 4.74 Å². The molecule has 182 valence electrons. The number of aromatic carboxylic acids is 1. The molecule has 37 heavy (non-hydrogen) atoms. The minimum Gasteiger partial charge on any atom is -0.497 e. The monoisotopic (exact) mass is 486 g/mol. The Kier molecular flexibility index (Phi) is 5.73. The maximum atomic E-state index is 11.4. The predicted octanol–water partition coefficient (Wildman–Crippen LogP) is 7.07. The molecule has 2 heterocycles. The quantitative estimate of drug-likeness (QED) is 0.263. The van der Waals surface area contributed by atoms with Gasteiger partial charge in [0.2, 0.25) is 0 Å². The number of benzene rings is 4. The van der Waals surface area contributed by atoms with Gasteiger partial charge in [-0.05, 0) is 81.6 Å². The highest BCUT2D eigenvalue weighted by atomic mass is 16.5. The van der Waals surface area contributed by atoms with Crippen molar-refractivity contribution in [1.82, 2.24) is 9.13 Å². The predicted molar refractivity (Wildman–Crippen MR) is 147 cm³/mol. The molecule has 5 nitrogen and oxygen atoms in total. The molecule has 1 N–H and O–H groups in total. The number of methoxy groups -OCH3 is 1. The number of aromatic nitrogens is 2. The Morgan fingerprint density at radius 2 is 1.27 bits per heavy atom. The Morgan fingerprint density at radius 1 is 0.703 bits per heavy atom. The van der Waals surface area contributed by atoms with Gasteiger partial charge in [0.15, 0.2) is 0 Å². The summed E-state index contributed by atoms with van der Waals surface area (Å²) >= 11 is 0. The van der Waals surface area contributed by atoms with Crippen LogP contribution in [0.5, 0.6) is 5.75 Å². The molecule has 0 aliphatic heterocycles. The van der Waals surface area contributed by atoms with Crippen molar-refractivity contribution in [3.05, 3.63) is 126 Å². The number of nitrogens with zero attached hydrogens (tertiary/aromatic N) is 2. The SMILES string of the molecule is COc1cccc(Cn2ccc3ccc(-c4ccc5ccn(Cc6cccc(C(=O)O)c6)c5c4)cc32)c1. The zero-order chi connectivity index (χ0) is 25.4. The molecule has 0 bridgehead atoms. The number of hydrogen-bond acceptors (Lipinski definition) is 2. The zero-order valence-electron chi connectivity index (χ0n) is 20.5. The molecule has 0 spiro atoms. The standard InChI is InChI=1S/C32H26N2O3/c1-37-29-7-3-5-23(17-29)21-34-15-13-25-9-11-27(19-31(25)34)26-10-8-24-12-14-33(30(24)18-26)20-22-4-2-6-28(16-22)32(35)36/h2-19H,20-21H2,1H3,(H,35,36). The van der Waals surface area contributed by atoms with Crippen LogP contribution in [0.3, 0.4) is 0 Å². The Morgan fingerprint density at radius 3 is 1.84 bits per heavy atom. The van der Waals surface area contributed by atoms with E-state index in [0.29, 0.717) is 12.1 Å². The molecule has 0 aliphatic carbocycles. The van der Waals surface area contributed by atoms with Crippen molar-refractivity contribution in [3.8, 4) is 16.9 Å². The van der Waals surface area contributed by atoms with Crippen LogP contribution in [-0.4, -0.2) is 27.3 Å². The van der Waals surface area contributed by atoms with Crippen molar-refractivity contribution >= 4 is 27.8 Å². The van der Waals surface area contributed by atoms with Crippen LogP contribution in [0.15, 0.2) is 109 Å². The van der Waals surface area contributed by atoms with E-state index in [-0.39, 0.29) is 0 Å².